The van der Waals surface area contributed by atoms with Gasteiger partial charge < -0.3 is 14.3 Å². The average Bonchev–Trinajstić information content (AvgIpc) is 2.76. The third kappa shape index (κ3) is 3.35. The van der Waals surface area contributed by atoms with Gasteiger partial charge >= 0.3 is 0 Å². The van der Waals surface area contributed by atoms with Crippen LogP contribution in [0.15, 0.2) is 22.6 Å². The second-order valence-corrected chi connectivity index (χ2v) is 4.27. The fraction of sp³-hybridized carbons (Fsp3) is 0.273. The molecule has 0 saturated carbocycles. The molecule has 1 aromatic heterocycles. The Bertz CT molecular complexity index is 531. The normalized spacial score (nSPS) is 10.6. The molecule has 18 heavy (non-hydrogen) atoms. The maximum Gasteiger partial charge on any atom is 0.253 e. The van der Waals surface area contributed by atoms with Crippen LogP contribution in [0.2, 0.25) is 10.0 Å². The van der Waals surface area contributed by atoms with E-state index < -0.39 is 0 Å². The minimum absolute atomic E-state index is 0.0362. The standard InChI is InChI=1S/C11H10Cl2N2O3/c12-7-1-2-9(8(13)5-7)17-6-11-15-14-10(18-11)3-4-16/h1-2,5,16H,3-4,6H2. The van der Waals surface area contributed by atoms with Crippen molar-refractivity contribution in [1.82, 2.24) is 10.2 Å². The lowest BCUT2D eigenvalue weighted by molar-refractivity contribution is 0.250. The van der Waals surface area contributed by atoms with Crippen molar-refractivity contribution in [1.29, 1.82) is 0 Å². The van der Waals surface area contributed by atoms with Gasteiger partial charge in [0.15, 0.2) is 6.61 Å². The summed E-state index contributed by atoms with van der Waals surface area (Å²) >= 11 is 11.7. The summed E-state index contributed by atoms with van der Waals surface area (Å²) in [4.78, 5) is 0. The molecule has 0 fully saturated rings. The van der Waals surface area contributed by atoms with Gasteiger partial charge in [0.2, 0.25) is 5.89 Å². The second-order valence-electron chi connectivity index (χ2n) is 3.43. The van der Waals surface area contributed by atoms with Gasteiger partial charge in [0.25, 0.3) is 5.89 Å². The third-order valence-electron chi connectivity index (χ3n) is 2.08. The Labute approximate surface area is 113 Å². The van der Waals surface area contributed by atoms with E-state index in [4.69, 9.17) is 37.5 Å². The van der Waals surface area contributed by atoms with Crippen molar-refractivity contribution in [2.45, 2.75) is 13.0 Å². The zero-order valence-corrected chi connectivity index (χ0v) is 10.8. The lowest BCUT2D eigenvalue weighted by atomic mass is 10.3. The van der Waals surface area contributed by atoms with Gasteiger partial charge in [-0.2, -0.15) is 0 Å². The topological polar surface area (TPSA) is 68.4 Å². The number of hydrogen-bond acceptors (Lipinski definition) is 5. The predicted octanol–water partition coefficient (Wildman–Crippen LogP) is 2.49. The van der Waals surface area contributed by atoms with Gasteiger partial charge in [-0.15, -0.1) is 10.2 Å². The summed E-state index contributed by atoms with van der Waals surface area (Å²) < 4.78 is 10.7. The highest BCUT2D eigenvalue weighted by atomic mass is 35.5. The van der Waals surface area contributed by atoms with Crippen molar-refractivity contribution in [3.05, 3.63) is 40.0 Å². The number of rotatable bonds is 5. The molecular formula is C11H10Cl2N2O3. The summed E-state index contributed by atoms with van der Waals surface area (Å²) in [5, 5.41) is 17.2. The SMILES string of the molecule is OCCc1nnc(COc2ccc(Cl)cc2Cl)o1. The molecule has 0 aliphatic heterocycles. The summed E-state index contributed by atoms with van der Waals surface area (Å²) in [6, 6.07) is 4.92. The van der Waals surface area contributed by atoms with Gasteiger partial charge in [-0.05, 0) is 18.2 Å². The van der Waals surface area contributed by atoms with E-state index >= 15 is 0 Å². The molecule has 2 rings (SSSR count). The monoisotopic (exact) mass is 288 g/mol. The molecule has 0 radical (unpaired) electrons. The first-order valence-corrected chi connectivity index (χ1v) is 5.94. The van der Waals surface area contributed by atoms with Crippen LogP contribution in [-0.4, -0.2) is 21.9 Å². The van der Waals surface area contributed by atoms with Crippen LogP contribution in [-0.2, 0) is 13.0 Å². The number of benzene rings is 1. The molecule has 0 unspecified atom stereocenters. The van der Waals surface area contributed by atoms with Crippen molar-refractivity contribution in [2.24, 2.45) is 0 Å². The van der Waals surface area contributed by atoms with Gasteiger partial charge in [-0.1, -0.05) is 23.2 Å². The summed E-state index contributed by atoms with van der Waals surface area (Å²) in [5.74, 6) is 1.19. The molecule has 5 nitrogen and oxygen atoms in total. The van der Waals surface area contributed by atoms with Crippen LogP contribution < -0.4 is 4.74 Å². The molecule has 7 heteroatoms. The molecule has 2 aromatic rings. The van der Waals surface area contributed by atoms with Crippen LogP contribution in [0.3, 0.4) is 0 Å². The minimum Gasteiger partial charge on any atom is -0.482 e. The van der Waals surface area contributed by atoms with E-state index in [1.54, 1.807) is 18.2 Å². The molecule has 1 N–H and O–H groups in total. The quantitative estimate of drug-likeness (QED) is 0.915. The number of ether oxygens (including phenoxy) is 1. The highest BCUT2D eigenvalue weighted by Crippen LogP contribution is 2.27. The Morgan fingerprint density at radius 3 is 2.72 bits per heavy atom. The van der Waals surface area contributed by atoms with Crippen LogP contribution in [0.5, 0.6) is 5.75 Å². The molecule has 0 bridgehead atoms. The summed E-state index contributed by atoms with van der Waals surface area (Å²) in [5.41, 5.74) is 0. The third-order valence-corrected chi connectivity index (χ3v) is 2.61. The number of hydrogen-bond donors (Lipinski definition) is 1. The van der Waals surface area contributed by atoms with E-state index in [0.29, 0.717) is 34.0 Å². The van der Waals surface area contributed by atoms with E-state index in [1.807, 2.05) is 0 Å². The highest BCUT2D eigenvalue weighted by Gasteiger charge is 2.08. The molecule has 0 atom stereocenters. The van der Waals surface area contributed by atoms with Crippen LogP contribution in [0.4, 0.5) is 0 Å². The number of aliphatic hydroxyl groups is 1. The van der Waals surface area contributed by atoms with E-state index in [1.165, 1.54) is 0 Å². The maximum absolute atomic E-state index is 8.71. The van der Waals surface area contributed by atoms with Gasteiger partial charge in [-0.25, -0.2) is 0 Å². The molecular weight excluding hydrogens is 279 g/mol. The number of halogens is 2. The Morgan fingerprint density at radius 1 is 1.22 bits per heavy atom. The van der Waals surface area contributed by atoms with Gasteiger partial charge in [0, 0.05) is 11.4 Å². The lowest BCUT2D eigenvalue weighted by Crippen LogP contribution is -1.96. The van der Waals surface area contributed by atoms with E-state index in [0.717, 1.165) is 0 Å². The Hall–Kier alpha value is -1.30. The van der Waals surface area contributed by atoms with E-state index in [-0.39, 0.29) is 13.2 Å². The molecule has 0 aliphatic carbocycles. The molecule has 0 amide bonds. The van der Waals surface area contributed by atoms with Crippen molar-refractivity contribution < 1.29 is 14.3 Å². The maximum atomic E-state index is 8.71. The van der Waals surface area contributed by atoms with Crippen LogP contribution in [0.1, 0.15) is 11.8 Å². The summed E-state index contributed by atoms with van der Waals surface area (Å²) in [6.07, 6.45) is 0.328. The van der Waals surface area contributed by atoms with Crippen LogP contribution >= 0.6 is 23.2 Å². The first-order chi connectivity index (χ1) is 8.69. The van der Waals surface area contributed by atoms with Crippen LogP contribution in [0, 0.1) is 0 Å². The molecule has 0 saturated heterocycles. The first-order valence-electron chi connectivity index (χ1n) is 5.19. The molecule has 0 aliphatic rings. The molecule has 1 aromatic carbocycles. The van der Waals surface area contributed by atoms with E-state index in [9.17, 15) is 0 Å². The van der Waals surface area contributed by atoms with Crippen LogP contribution in [0.25, 0.3) is 0 Å². The van der Waals surface area contributed by atoms with Gasteiger partial charge in [0.1, 0.15) is 5.75 Å². The van der Waals surface area contributed by atoms with Crippen molar-refractivity contribution in [3.8, 4) is 5.75 Å². The Morgan fingerprint density at radius 2 is 2.00 bits per heavy atom. The van der Waals surface area contributed by atoms with Gasteiger partial charge in [-0.3, -0.25) is 0 Å². The summed E-state index contributed by atoms with van der Waals surface area (Å²) in [7, 11) is 0. The highest BCUT2D eigenvalue weighted by molar-refractivity contribution is 6.35. The fourth-order valence-electron chi connectivity index (χ4n) is 1.28. The minimum atomic E-state index is -0.0362. The zero-order chi connectivity index (χ0) is 13.0. The summed E-state index contributed by atoms with van der Waals surface area (Å²) in [6.45, 7) is 0.0747. The second kappa shape index (κ2) is 6.04. The van der Waals surface area contributed by atoms with E-state index in [2.05, 4.69) is 10.2 Å². The Balaban J connectivity index is 1.97. The number of aromatic nitrogens is 2. The largest absolute Gasteiger partial charge is 0.482 e. The van der Waals surface area contributed by atoms with Crippen molar-refractivity contribution in [2.75, 3.05) is 6.61 Å². The molecule has 96 valence electrons. The zero-order valence-electron chi connectivity index (χ0n) is 9.27. The predicted molar refractivity (Wildman–Crippen MR) is 65.9 cm³/mol. The Kier molecular flexibility index (Phi) is 4.41. The molecule has 1 heterocycles. The average molecular weight is 289 g/mol. The fourth-order valence-corrected chi connectivity index (χ4v) is 1.74. The van der Waals surface area contributed by atoms with Crippen molar-refractivity contribution >= 4 is 23.2 Å². The number of aliphatic hydroxyl groups excluding tert-OH is 1. The van der Waals surface area contributed by atoms with Crippen molar-refractivity contribution in [3.63, 3.8) is 0 Å². The number of nitrogens with zero attached hydrogens (tertiary/aromatic N) is 2. The van der Waals surface area contributed by atoms with Gasteiger partial charge in [0.05, 0.1) is 11.6 Å². The molecule has 0 spiro atoms. The lowest BCUT2D eigenvalue weighted by Gasteiger charge is -2.05. The smallest absolute Gasteiger partial charge is 0.253 e. The first kappa shape index (κ1) is 13.1.